The van der Waals surface area contributed by atoms with Crippen LogP contribution in [0.5, 0.6) is 0 Å². The Morgan fingerprint density at radius 1 is 1.43 bits per heavy atom. The van der Waals surface area contributed by atoms with Crippen LogP contribution in [-0.4, -0.2) is 59.2 Å². The fraction of sp³-hybridized carbons (Fsp3) is 0.615. The number of hydrogen-bond acceptors (Lipinski definition) is 6. The summed E-state index contributed by atoms with van der Waals surface area (Å²) in [6.45, 7) is 6.02. The average Bonchev–Trinajstić information content (AvgIpc) is 2.67. The van der Waals surface area contributed by atoms with E-state index in [1.807, 2.05) is 0 Å². The molecule has 21 heavy (non-hydrogen) atoms. The quantitative estimate of drug-likeness (QED) is 0.649. The van der Waals surface area contributed by atoms with E-state index < -0.39 is 4.92 Å². The predicted molar refractivity (Wildman–Crippen MR) is 83.7 cm³/mol. The first-order valence-corrected chi connectivity index (χ1v) is 7.71. The maximum absolute atomic E-state index is 10.9. The summed E-state index contributed by atoms with van der Waals surface area (Å²) < 4.78 is 0.687. The highest BCUT2D eigenvalue weighted by atomic mass is 79.9. The van der Waals surface area contributed by atoms with Gasteiger partial charge in [-0.05, 0) is 35.8 Å². The number of anilines is 1. The topological polar surface area (TPSA) is 82.7 Å². The van der Waals surface area contributed by atoms with Gasteiger partial charge in [0.2, 0.25) is 0 Å². The number of rotatable bonds is 4. The van der Waals surface area contributed by atoms with Crippen LogP contribution in [0.2, 0.25) is 0 Å². The fourth-order valence-electron chi connectivity index (χ4n) is 2.51. The lowest BCUT2D eigenvalue weighted by Gasteiger charge is -2.23. The minimum absolute atomic E-state index is 0.0300. The van der Waals surface area contributed by atoms with Gasteiger partial charge in [0.05, 0.1) is 16.0 Å². The van der Waals surface area contributed by atoms with Crippen molar-refractivity contribution in [1.82, 2.24) is 9.88 Å². The Bertz CT molecular complexity index is 526. The maximum Gasteiger partial charge on any atom is 0.291 e. The van der Waals surface area contributed by atoms with Crippen LogP contribution in [0, 0.1) is 17.0 Å². The molecule has 1 aliphatic rings. The van der Waals surface area contributed by atoms with Crippen LogP contribution in [0.4, 0.5) is 11.5 Å². The molecule has 0 spiro atoms. The predicted octanol–water partition coefficient (Wildman–Crippen LogP) is 1.57. The van der Waals surface area contributed by atoms with Crippen molar-refractivity contribution in [3.63, 3.8) is 0 Å². The summed E-state index contributed by atoms with van der Waals surface area (Å²) in [5.74, 6) is 0.754. The third-order valence-electron chi connectivity index (χ3n) is 3.72. The normalized spacial score (nSPS) is 16.8. The van der Waals surface area contributed by atoms with Crippen LogP contribution in [0.25, 0.3) is 0 Å². The fourth-order valence-corrected chi connectivity index (χ4v) is 3.06. The van der Waals surface area contributed by atoms with Gasteiger partial charge in [0.1, 0.15) is 12.0 Å². The van der Waals surface area contributed by atoms with E-state index in [4.69, 9.17) is 5.11 Å². The number of hydrogen-bond donors (Lipinski definition) is 1. The molecule has 1 N–H and O–H groups in total. The van der Waals surface area contributed by atoms with Crippen LogP contribution in [0.3, 0.4) is 0 Å². The van der Waals surface area contributed by atoms with E-state index in [2.05, 4.69) is 30.7 Å². The Hall–Kier alpha value is -1.25. The maximum atomic E-state index is 10.9. The molecule has 116 valence electrons. The van der Waals surface area contributed by atoms with E-state index >= 15 is 0 Å². The standard InChI is InChI=1S/C13H19BrN4O3/c1-10-11(18(20)21)9-15-13(12(10)14)17-4-2-3-16(5-6-17)7-8-19/h9,19H,2-8H2,1H3. The number of aliphatic hydroxyl groups is 1. The van der Waals surface area contributed by atoms with Gasteiger partial charge in [0, 0.05) is 31.7 Å². The zero-order chi connectivity index (χ0) is 15.4. The van der Waals surface area contributed by atoms with Gasteiger partial charge in [0.25, 0.3) is 5.69 Å². The highest BCUT2D eigenvalue weighted by Crippen LogP contribution is 2.33. The van der Waals surface area contributed by atoms with E-state index in [1.165, 1.54) is 6.20 Å². The number of nitrogens with zero attached hydrogens (tertiary/aromatic N) is 4. The molecule has 7 nitrogen and oxygen atoms in total. The molecule has 0 aliphatic carbocycles. The van der Waals surface area contributed by atoms with Gasteiger partial charge in [-0.2, -0.15) is 0 Å². The van der Waals surface area contributed by atoms with Gasteiger partial charge in [-0.1, -0.05) is 0 Å². The number of aliphatic hydroxyl groups excluding tert-OH is 1. The van der Waals surface area contributed by atoms with Crippen molar-refractivity contribution in [2.75, 3.05) is 44.2 Å². The Kier molecular flexibility index (Phi) is 5.49. The molecule has 0 radical (unpaired) electrons. The first kappa shape index (κ1) is 16.1. The summed E-state index contributed by atoms with van der Waals surface area (Å²) in [6.07, 6.45) is 2.30. The molecule has 1 aromatic heterocycles. The molecule has 0 amide bonds. The van der Waals surface area contributed by atoms with E-state index in [0.717, 1.165) is 38.4 Å². The molecule has 8 heteroatoms. The molecule has 0 saturated carbocycles. The smallest absolute Gasteiger partial charge is 0.291 e. The van der Waals surface area contributed by atoms with Crippen molar-refractivity contribution >= 4 is 27.4 Å². The lowest BCUT2D eigenvalue weighted by Crippen LogP contribution is -2.33. The van der Waals surface area contributed by atoms with Gasteiger partial charge in [-0.25, -0.2) is 4.98 Å². The second-order valence-corrected chi connectivity index (χ2v) is 5.86. The van der Waals surface area contributed by atoms with Crippen LogP contribution in [0.1, 0.15) is 12.0 Å². The second kappa shape index (κ2) is 7.15. The minimum atomic E-state index is -0.414. The zero-order valence-electron chi connectivity index (χ0n) is 12.0. The largest absolute Gasteiger partial charge is 0.395 e. The number of β-amino-alcohol motifs (C(OH)–C–C–N with tert-alkyl or cyclic N) is 1. The molecule has 2 rings (SSSR count). The molecular weight excluding hydrogens is 340 g/mol. The van der Waals surface area contributed by atoms with Crippen molar-refractivity contribution in [1.29, 1.82) is 0 Å². The highest BCUT2D eigenvalue weighted by molar-refractivity contribution is 9.10. The molecule has 1 saturated heterocycles. The molecule has 1 aromatic rings. The second-order valence-electron chi connectivity index (χ2n) is 5.07. The van der Waals surface area contributed by atoms with Crippen LogP contribution < -0.4 is 4.90 Å². The van der Waals surface area contributed by atoms with Gasteiger partial charge in [-0.3, -0.25) is 15.0 Å². The van der Waals surface area contributed by atoms with E-state index in [0.29, 0.717) is 16.6 Å². The van der Waals surface area contributed by atoms with Crippen LogP contribution >= 0.6 is 15.9 Å². The van der Waals surface area contributed by atoms with Crippen molar-refractivity contribution in [3.8, 4) is 0 Å². The van der Waals surface area contributed by atoms with Gasteiger partial charge < -0.3 is 10.0 Å². The first-order chi connectivity index (χ1) is 10.0. The molecule has 0 aromatic carbocycles. The van der Waals surface area contributed by atoms with Crippen molar-refractivity contribution in [3.05, 3.63) is 26.3 Å². The first-order valence-electron chi connectivity index (χ1n) is 6.92. The summed E-state index contributed by atoms with van der Waals surface area (Å²) in [7, 11) is 0. The molecule has 2 heterocycles. The van der Waals surface area contributed by atoms with Gasteiger partial charge in [0.15, 0.2) is 0 Å². The van der Waals surface area contributed by atoms with Crippen molar-refractivity contribution in [2.24, 2.45) is 0 Å². The highest BCUT2D eigenvalue weighted by Gasteiger charge is 2.22. The monoisotopic (exact) mass is 358 g/mol. The van der Waals surface area contributed by atoms with Crippen LogP contribution in [0.15, 0.2) is 10.7 Å². The molecule has 1 aliphatic heterocycles. The summed E-state index contributed by atoms with van der Waals surface area (Å²) in [5, 5.41) is 19.9. The molecule has 1 fully saturated rings. The summed E-state index contributed by atoms with van der Waals surface area (Å²) in [6, 6.07) is 0. The van der Waals surface area contributed by atoms with E-state index in [1.54, 1.807) is 6.92 Å². The Morgan fingerprint density at radius 2 is 2.19 bits per heavy atom. The van der Waals surface area contributed by atoms with Crippen molar-refractivity contribution < 1.29 is 10.0 Å². The number of nitro groups is 1. The molecule has 0 bridgehead atoms. The SMILES string of the molecule is Cc1c([N+](=O)[O-])cnc(N2CCCN(CCO)CC2)c1Br. The molecule has 0 unspecified atom stereocenters. The average molecular weight is 359 g/mol. The van der Waals surface area contributed by atoms with Gasteiger partial charge in [-0.15, -0.1) is 0 Å². The van der Waals surface area contributed by atoms with Crippen LogP contribution in [-0.2, 0) is 0 Å². The summed E-state index contributed by atoms with van der Waals surface area (Å²) >= 11 is 3.44. The number of halogens is 1. The van der Waals surface area contributed by atoms with Gasteiger partial charge >= 0.3 is 0 Å². The third-order valence-corrected chi connectivity index (χ3v) is 4.67. The minimum Gasteiger partial charge on any atom is -0.395 e. The summed E-state index contributed by atoms with van der Waals surface area (Å²) in [5.41, 5.74) is 0.629. The lowest BCUT2D eigenvalue weighted by molar-refractivity contribution is -0.385. The number of aromatic nitrogens is 1. The molecule has 0 atom stereocenters. The van der Waals surface area contributed by atoms with Crippen molar-refractivity contribution in [2.45, 2.75) is 13.3 Å². The zero-order valence-corrected chi connectivity index (χ0v) is 13.5. The third kappa shape index (κ3) is 3.69. The van der Waals surface area contributed by atoms with E-state index in [9.17, 15) is 10.1 Å². The van der Waals surface area contributed by atoms with E-state index in [-0.39, 0.29) is 12.3 Å². The Balaban J connectivity index is 2.18. The summed E-state index contributed by atoms with van der Waals surface area (Å²) in [4.78, 5) is 19.1. The molecular formula is C13H19BrN4O3. The number of pyridine rings is 1. The Morgan fingerprint density at radius 3 is 2.86 bits per heavy atom. The lowest BCUT2D eigenvalue weighted by atomic mass is 10.2. The Labute approximate surface area is 131 Å².